The number of nitrogens with two attached hydrogens (primary N) is 1. The van der Waals surface area contributed by atoms with Gasteiger partial charge >= 0.3 is 0 Å². The van der Waals surface area contributed by atoms with Gasteiger partial charge in [0.15, 0.2) is 0 Å². The third-order valence-electron chi connectivity index (χ3n) is 2.82. The summed E-state index contributed by atoms with van der Waals surface area (Å²) in [6, 6.07) is 4.83. The van der Waals surface area contributed by atoms with E-state index in [9.17, 15) is 4.79 Å². The topological polar surface area (TPSA) is 68.0 Å². The molecule has 1 amide bonds. The van der Waals surface area contributed by atoms with Gasteiger partial charge in [-0.1, -0.05) is 25.4 Å². The van der Waals surface area contributed by atoms with Crippen LogP contribution in [0, 0.1) is 0 Å². The third kappa shape index (κ3) is 3.49. The molecule has 6 heteroatoms. The van der Waals surface area contributed by atoms with Crippen molar-refractivity contribution < 1.29 is 4.79 Å². The molecule has 0 aliphatic carbocycles. The Kier molecular flexibility index (Phi) is 4.62. The van der Waals surface area contributed by atoms with E-state index >= 15 is 0 Å². The lowest BCUT2D eigenvalue weighted by atomic mass is 10.2. The van der Waals surface area contributed by atoms with Crippen LogP contribution < -0.4 is 11.1 Å². The van der Waals surface area contributed by atoms with Gasteiger partial charge in [0.1, 0.15) is 5.01 Å². The highest BCUT2D eigenvalue weighted by Crippen LogP contribution is 2.20. The van der Waals surface area contributed by atoms with E-state index in [0.717, 1.165) is 10.7 Å². The standard InChI is InChI=1S/C14H16ClN3OS/c1-8(2)12-7-20-13(18-12)6-17-14(19)9-3-4-10(15)11(16)5-9/h3-5,7-8H,6,16H2,1-2H3,(H,17,19). The Morgan fingerprint density at radius 3 is 2.85 bits per heavy atom. The van der Waals surface area contributed by atoms with E-state index < -0.39 is 0 Å². The summed E-state index contributed by atoms with van der Waals surface area (Å²) in [5, 5.41) is 6.18. The molecule has 20 heavy (non-hydrogen) atoms. The maximum atomic E-state index is 12.0. The van der Waals surface area contributed by atoms with Crippen LogP contribution in [0.4, 0.5) is 5.69 Å². The summed E-state index contributed by atoms with van der Waals surface area (Å²) in [4.78, 5) is 16.5. The van der Waals surface area contributed by atoms with E-state index in [-0.39, 0.29) is 5.91 Å². The van der Waals surface area contributed by atoms with Crippen LogP contribution >= 0.6 is 22.9 Å². The van der Waals surface area contributed by atoms with Crippen molar-refractivity contribution in [3.63, 3.8) is 0 Å². The zero-order valence-electron chi connectivity index (χ0n) is 11.3. The van der Waals surface area contributed by atoms with Crippen molar-refractivity contribution in [3.8, 4) is 0 Å². The highest BCUT2D eigenvalue weighted by molar-refractivity contribution is 7.09. The van der Waals surface area contributed by atoms with Crippen LogP contribution in [0.3, 0.4) is 0 Å². The van der Waals surface area contributed by atoms with Gasteiger partial charge in [0.05, 0.1) is 22.9 Å². The average Bonchev–Trinajstić information content (AvgIpc) is 2.88. The molecular weight excluding hydrogens is 294 g/mol. The molecule has 3 N–H and O–H groups in total. The van der Waals surface area contributed by atoms with E-state index in [1.165, 1.54) is 0 Å². The summed E-state index contributed by atoms with van der Waals surface area (Å²) >= 11 is 7.37. The molecule has 0 radical (unpaired) electrons. The smallest absolute Gasteiger partial charge is 0.251 e. The number of nitrogen functional groups attached to an aromatic ring is 1. The number of rotatable bonds is 4. The van der Waals surface area contributed by atoms with Crippen LogP contribution in [0.1, 0.15) is 40.8 Å². The number of amides is 1. The van der Waals surface area contributed by atoms with Crippen molar-refractivity contribution in [2.75, 3.05) is 5.73 Å². The molecule has 0 saturated heterocycles. The zero-order valence-corrected chi connectivity index (χ0v) is 12.9. The van der Waals surface area contributed by atoms with Crippen LogP contribution in [0.5, 0.6) is 0 Å². The Balaban J connectivity index is 1.99. The molecule has 1 heterocycles. The first kappa shape index (κ1) is 14.8. The highest BCUT2D eigenvalue weighted by atomic mass is 35.5. The lowest BCUT2D eigenvalue weighted by molar-refractivity contribution is 0.0951. The van der Waals surface area contributed by atoms with Crippen LogP contribution in [-0.4, -0.2) is 10.9 Å². The molecule has 1 aromatic carbocycles. The molecule has 0 unspecified atom stereocenters. The van der Waals surface area contributed by atoms with Crippen LogP contribution in [0.15, 0.2) is 23.6 Å². The second kappa shape index (κ2) is 6.24. The van der Waals surface area contributed by atoms with E-state index in [1.54, 1.807) is 29.5 Å². The summed E-state index contributed by atoms with van der Waals surface area (Å²) in [6.45, 7) is 4.60. The van der Waals surface area contributed by atoms with Gasteiger partial charge in [-0.15, -0.1) is 11.3 Å². The number of nitrogens with zero attached hydrogens (tertiary/aromatic N) is 1. The van der Waals surface area contributed by atoms with Crippen molar-refractivity contribution in [2.24, 2.45) is 0 Å². The zero-order chi connectivity index (χ0) is 14.7. The normalized spacial score (nSPS) is 10.8. The Morgan fingerprint density at radius 2 is 2.25 bits per heavy atom. The molecule has 0 aliphatic rings. The third-order valence-corrected chi connectivity index (χ3v) is 4.03. The number of halogens is 1. The summed E-state index contributed by atoms with van der Waals surface area (Å²) in [5.74, 6) is 0.210. The van der Waals surface area contributed by atoms with Gasteiger partial charge in [-0.05, 0) is 24.1 Å². The van der Waals surface area contributed by atoms with Gasteiger partial charge in [0.25, 0.3) is 5.91 Å². The van der Waals surface area contributed by atoms with Gasteiger partial charge in [0.2, 0.25) is 0 Å². The molecule has 1 aromatic heterocycles. The monoisotopic (exact) mass is 309 g/mol. The fourth-order valence-corrected chi connectivity index (χ4v) is 2.63. The van der Waals surface area contributed by atoms with Crippen molar-refractivity contribution in [2.45, 2.75) is 26.3 Å². The molecule has 0 atom stereocenters. The van der Waals surface area contributed by atoms with Crippen LogP contribution in [-0.2, 0) is 6.54 Å². The van der Waals surface area contributed by atoms with Crippen molar-refractivity contribution in [1.82, 2.24) is 10.3 Å². The Bertz CT molecular complexity index is 625. The second-order valence-corrected chi connectivity index (χ2v) is 6.09. The number of benzene rings is 1. The molecule has 0 spiro atoms. The highest BCUT2D eigenvalue weighted by Gasteiger charge is 2.10. The number of hydrogen-bond donors (Lipinski definition) is 2. The number of carbonyl (C=O) groups excluding carboxylic acids is 1. The number of nitrogens with one attached hydrogen (secondary N) is 1. The Morgan fingerprint density at radius 1 is 1.50 bits per heavy atom. The number of anilines is 1. The van der Waals surface area contributed by atoms with Crippen molar-refractivity contribution in [3.05, 3.63) is 44.9 Å². The molecule has 0 saturated carbocycles. The van der Waals surface area contributed by atoms with E-state index in [1.807, 2.05) is 5.38 Å². The van der Waals surface area contributed by atoms with E-state index in [2.05, 4.69) is 24.1 Å². The molecule has 0 bridgehead atoms. The number of thiazole rings is 1. The minimum atomic E-state index is -0.185. The molecule has 0 aliphatic heterocycles. The van der Waals surface area contributed by atoms with Crippen LogP contribution in [0.2, 0.25) is 5.02 Å². The van der Waals surface area contributed by atoms with Gasteiger partial charge < -0.3 is 11.1 Å². The lowest BCUT2D eigenvalue weighted by Gasteiger charge is -2.05. The first-order valence-corrected chi connectivity index (χ1v) is 7.50. The molecular formula is C14H16ClN3OS. The molecule has 2 rings (SSSR count). The predicted molar refractivity (Wildman–Crippen MR) is 83.2 cm³/mol. The SMILES string of the molecule is CC(C)c1csc(CNC(=O)c2ccc(Cl)c(N)c2)n1. The van der Waals surface area contributed by atoms with Gasteiger partial charge in [0, 0.05) is 10.9 Å². The molecule has 106 valence electrons. The van der Waals surface area contributed by atoms with Crippen LogP contribution in [0.25, 0.3) is 0 Å². The Hall–Kier alpha value is -1.59. The fourth-order valence-electron chi connectivity index (χ4n) is 1.61. The van der Waals surface area contributed by atoms with E-state index in [0.29, 0.717) is 28.7 Å². The summed E-state index contributed by atoms with van der Waals surface area (Å²) in [6.07, 6.45) is 0. The number of hydrogen-bond acceptors (Lipinski definition) is 4. The minimum absolute atomic E-state index is 0.185. The average molecular weight is 310 g/mol. The quantitative estimate of drug-likeness (QED) is 0.850. The van der Waals surface area contributed by atoms with Gasteiger partial charge in [-0.25, -0.2) is 4.98 Å². The predicted octanol–water partition coefficient (Wildman–Crippen LogP) is 3.43. The second-order valence-electron chi connectivity index (χ2n) is 4.74. The molecule has 2 aromatic rings. The summed E-state index contributed by atoms with van der Waals surface area (Å²) in [5.41, 5.74) is 7.62. The minimum Gasteiger partial charge on any atom is -0.398 e. The summed E-state index contributed by atoms with van der Waals surface area (Å²) in [7, 11) is 0. The summed E-state index contributed by atoms with van der Waals surface area (Å²) < 4.78 is 0. The van der Waals surface area contributed by atoms with E-state index in [4.69, 9.17) is 17.3 Å². The number of carbonyl (C=O) groups is 1. The van der Waals surface area contributed by atoms with Gasteiger partial charge in [-0.3, -0.25) is 4.79 Å². The molecule has 0 fully saturated rings. The lowest BCUT2D eigenvalue weighted by Crippen LogP contribution is -2.22. The largest absolute Gasteiger partial charge is 0.398 e. The van der Waals surface area contributed by atoms with Crippen molar-refractivity contribution in [1.29, 1.82) is 0 Å². The first-order chi connectivity index (χ1) is 9.47. The maximum Gasteiger partial charge on any atom is 0.251 e. The fraction of sp³-hybridized carbons (Fsp3) is 0.286. The number of aromatic nitrogens is 1. The first-order valence-electron chi connectivity index (χ1n) is 6.25. The van der Waals surface area contributed by atoms with Gasteiger partial charge in [-0.2, -0.15) is 0 Å². The van der Waals surface area contributed by atoms with Crippen molar-refractivity contribution >= 4 is 34.5 Å². The Labute approximate surface area is 127 Å². The molecule has 4 nitrogen and oxygen atoms in total. The maximum absolute atomic E-state index is 12.0.